The van der Waals surface area contributed by atoms with E-state index in [9.17, 15) is 0 Å². The second kappa shape index (κ2) is 6.18. The highest BCUT2D eigenvalue weighted by molar-refractivity contribution is 9.11. The van der Waals surface area contributed by atoms with Gasteiger partial charge in [-0.2, -0.15) is 0 Å². The van der Waals surface area contributed by atoms with Crippen LogP contribution in [0.2, 0.25) is 0 Å². The van der Waals surface area contributed by atoms with E-state index < -0.39 is 0 Å². The lowest BCUT2D eigenvalue weighted by molar-refractivity contribution is 0.254. The fraction of sp³-hybridized carbons (Fsp3) is 0.692. The standard InChI is InChI=1S/C13H20BrNS/c1-2-11-5-3-4-6-12(11)15-8-10-7-13(14)16-9-10/h7,9,11-12,15H,2-6,8H2,1H3. The second-order valence-corrected chi connectivity index (χ2v) is 6.99. The SMILES string of the molecule is CCC1CCCCC1NCc1csc(Br)c1. The number of hydrogen-bond donors (Lipinski definition) is 1. The van der Waals surface area contributed by atoms with Crippen LogP contribution in [-0.4, -0.2) is 6.04 Å². The van der Waals surface area contributed by atoms with E-state index >= 15 is 0 Å². The molecule has 0 saturated heterocycles. The molecular formula is C13H20BrNS. The van der Waals surface area contributed by atoms with Crippen LogP contribution in [0.15, 0.2) is 15.2 Å². The average molecular weight is 302 g/mol. The van der Waals surface area contributed by atoms with Crippen molar-refractivity contribution in [2.75, 3.05) is 0 Å². The summed E-state index contributed by atoms with van der Waals surface area (Å²) in [7, 11) is 0. The van der Waals surface area contributed by atoms with Gasteiger partial charge in [-0.15, -0.1) is 11.3 Å². The van der Waals surface area contributed by atoms with Crippen LogP contribution in [0, 0.1) is 5.92 Å². The Morgan fingerprint density at radius 2 is 2.25 bits per heavy atom. The van der Waals surface area contributed by atoms with E-state index in [0.717, 1.165) is 18.5 Å². The topological polar surface area (TPSA) is 12.0 Å². The second-order valence-electron chi connectivity index (χ2n) is 4.70. The van der Waals surface area contributed by atoms with Crippen LogP contribution in [-0.2, 0) is 6.54 Å². The van der Waals surface area contributed by atoms with Gasteiger partial charge in [0.2, 0.25) is 0 Å². The van der Waals surface area contributed by atoms with Crippen molar-refractivity contribution < 1.29 is 0 Å². The molecule has 0 amide bonds. The van der Waals surface area contributed by atoms with Gasteiger partial charge < -0.3 is 5.32 Å². The minimum absolute atomic E-state index is 0.748. The van der Waals surface area contributed by atoms with Crippen LogP contribution < -0.4 is 5.32 Å². The molecule has 2 atom stereocenters. The Labute approximate surface area is 111 Å². The molecule has 90 valence electrons. The molecular weight excluding hydrogens is 282 g/mol. The van der Waals surface area contributed by atoms with E-state index in [1.54, 1.807) is 11.3 Å². The van der Waals surface area contributed by atoms with Gasteiger partial charge in [0.1, 0.15) is 0 Å². The first-order valence-corrected chi connectivity index (χ1v) is 7.93. The van der Waals surface area contributed by atoms with Gasteiger partial charge in [-0.05, 0) is 51.7 Å². The molecule has 1 aliphatic carbocycles. The molecule has 0 spiro atoms. The predicted molar refractivity (Wildman–Crippen MR) is 74.9 cm³/mol. The van der Waals surface area contributed by atoms with E-state index in [-0.39, 0.29) is 0 Å². The summed E-state index contributed by atoms with van der Waals surface area (Å²) >= 11 is 5.29. The highest BCUT2D eigenvalue weighted by Crippen LogP contribution is 2.27. The quantitative estimate of drug-likeness (QED) is 0.859. The third-order valence-corrected chi connectivity index (χ3v) is 5.18. The van der Waals surface area contributed by atoms with Gasteiger partial charge in [-0.1, -0.05) is 26.2 Å². The molecule has 1 nitrogen and oxygen atoms in total. The zero-order chi connectivity index (χ0) is 11.4. The summed E-state index contributed by atoms with van der Waals surface area (Å²) < 4.78 is 1.24. The number of halogens is 1. The summed E-state index contributed by atoms with van der Waals surface area (Å²) in [5, 5.41) is 5.98. The summed E-state index contributed by atoms with van der Waals surface area (Å²) in [6.45, 7) is 3.36. The maximum absolute atomic E-state index is 3.74. The molecule has 2 unspecified atom stereocenters. The van der Waals surface area contributed by atoms with Crippen LogP contribution in [0.25, 0.3) is 0 Å². The van der Waals surface area contributed by atoms with Crippen molar-refractivity contribution in [3.8, 4) is 0 Å². The largest absolute Gasteiger partial charge is 0.310 e. The molecule has 0 bridgehead atoms. The van der Waals surface area contributed by atoms with Gasteiger partial charge in [0.15, 0.2) is 0 Å². The van der Waals surface area contributed by atoms with E-state index in [0.29, 0.717) is 0 Å². The third-order valence-electron chi connectivity index (χ3n) is 3.62. The fourth-order valence-corrected chi connectivity index (χ4v) is 3.86. The van der Waals surface area contributed by atoms with Crippen molar-refractivity contribution in [3.63, 3.8) is 0 Å². The molecule has 1 aliphatic rings. The summed E-state index contributed by atoms with van der Waals surface area (Å²) in [6.07, 6.45) is 6.94. The van der Waals surface area contributed by atoms with Crippen LogP contribution in [0.3, 0.4) is 0 Å². The van der Waals surface area contributed by atoms with E-state index in [2.05, 4.69) is 39.6 Å². The van der Waals surface area contributed by atoms with E-state index in [1.807, 2.05) is 0 Å². The minimum Gasteiger partial charge on any atom is -0.310 e. The first-order chi connectivity index (χ1) is 7.79. The fourth-order valence-electron chi connectivity index (χ4n) is 2.65. The summed E-state index contributed by atoms with van der Waals surface area (Å²) in [4.78, 5) is 0. The van der Waals surface area contributed by atoms with Crippen LogP contribution in [0.1, 0.15) is 44.6 Å². The molecule has 1 heterocycles. The highest BCUT2D eigenvalue weighted by Gasteiger charge is 2.22. The number of rotatable bonds is 4. The van der Waals surface area contributed by atoms with Crippen LogP contribution in [0.5, 0.6) is 0 Å². The number of thiophene rings is 1. The maximum Gasteiger partial charge on any atom is 0.0701 e. The van der Waals surface area contributed by atoms with Gasteiger partial charge in [-0.25, -0.2) is 0 Å². The van der Waals surface area contributed by atoms with Crippen molar-refractivity contribution >= 4 is 27.3 Å². The molecule has 3 heteroatoms. The van der Waals surface area contributed by atoms with Gasteiger partial charge in [0.05, 0.1) is 3.79 Å². The van der Waals surface area contributed by atoms with Crippen molar-refractivity contribution in [2.24, 2.45) is 5.92 Å². The highest BCUT2D eigenvalue weighted by atomic mass is 79.9. The van der Waals surface area contributed by atoms with Crippen LogP contribution in [0.4, 0.5) is 0 Å². The molecule has 0 aromatic carbocycles. The molecule has 1 saturated carbocycles. The average Bonchev–Trinajstić information content (AvgIpc) is 2.73. The normalized spacial score (nSPS) is 25.9. The van der Waals surface area contributed by atoms with Crippen molar-refractivity contribution in [1.82, 2.24) is 5.32 Å². The lowest BCUT2D eigenvalue weighted by Gasteiger charge is -2.31. The Kier molecular flexibility index (Phi) is 4.86. The Balaban J connectivity index is 1.84. The lowest BCUT2D eigenvalue weighted by Crippen LogP contribution is -2.37. The zero-order valence-electron chi connectivity index (χ0n) is 9.84. The van der Waals surface area contributed by atoms with Gasteiger partial charge in [0.25, 0.3) is 0 Å². The number of nitrogens with one attached hydrogen (secondary N) is 1. The predicted octanol–water partition coefficient (Wildman–Crippen LogP) is 4.57. The maximum atomic E-state index is 3.74. The smallest absolute Gasteiger partial charge is 0.0701 e. The molecule has 0 radical (unpaired) electrons. The van der Waals surface area contributed by atoms with Gasteiger partial charge in [-0.3, -0.25) is 0 Å². The Hall–Kier alpha value is 0.140. The molecule has 1 aromatic rings. The molecule has 1 aromatic heterocycles. The zero-order valence-corrected chi connectivity index (χ0v) is 12.2. The van der Waals surface area contributed by atoms with Crippen molar-refractivity contribution in [1.29, 1.82) is 0 Å². The molecule has 0 aliphatic heterocycles. The van der Waals surface area contributed by atoms with Gasteiger partial charge in [0, 0.05) is 12.6 Å². The third kappa shape index (κ3) is 3.31. The first-order valence-electron chi connectivity index (χ1n) is 6.26. The summed E-state index contributed by atoms with van der Waals surface area (Å²) in [5.74, 6) is 0.899. The molecule has 1 N–H and O–H groups in total. The minimum atomic E-state index is 0.748. The molecule has 2 rings (SSSR count). The summed E-state index contributed by atoms with van der Waals surface area (Å²) in [5.41, 5.74) is 1.41. The monoisotopic (exact) mass is 301 g/mol. The van der Waals surface area contributed by atoms with E-state index in [4.69, 9.17) is 0 Å². The van der Waals surface area contributed by atoms with Gasteiger partial charge >= 0.3 is 0 Å². The Morgan fingerprint density at radius 1 is 1.44 bits per heavy atom. The van der Waals surface area contributed by atoms with Crippen molar-refractivity contribution in [3.05, 3.63) is 20.8 Å². The molecule has 1 fully saturated rings. The Bertz CT molecular complexity index is 323. The van der Waals surface area contributed by atoms with E-state index in [1.165, 1.54) is 41.5 Å². The number of hydrogen-bond acceptors (Lipinski definition) is 2. The van der Waals surface area contributed by atoms with Crippen molar-refractivity contribution in [2.45, 2.75) is 51.6 Å². The lowest BCUT2D eigenvalue weighted by atomic mass is 9.83. The Morgan fingerprint density at radius 3 is 2.94 bits per heavy atom. The summed E-state index contributed by atoms with van der Waals surface area (Å²) in [6, 6.07) is 2.97. The molecule has 16 heavy (non-hydrogen) atoms. The first kappa shape index (κ1) is 12.6. The van der Waals surface area contributed by atoms with Crippen LogP contribution >= 0.6 is 27.3 Å².